The Hall–Kier alpha value is -1.95. The second kappa shape index (κ2) is 21.6. The number of rotatable bonds is 25. The number of aliphatic hydroxyl groups is 1. The Labute approximate surface area is 380 Å². The summed E-state index contributed by atoms with van der Waals surface area (Å²) in [4.78, 5) is 14.2. The average molecular weight is 858 g/mol. The van der Waals surface area contributed by atoms with Gasteiger partial charge in [0.15, 0.2) is 5.78 Å². The van der Waals surface area contributed by atoms with Gasteiger partial charge in [-0.05, 0) is 127 Å². The molecular weight excluding hydrogens is 763 g/mol. The lowest BCUT2D eigenvalue weighted by molar-refractivity contribution is -0.226. The first-order valence-corrected chi connectivity index (χ1v) is 27.0. The Morgan fingerprint density at radius 2 is 1.29 bits per heavy atom. The molecule has 6 rings (SSSR count). The van der Waals surface area contributed by atoms with Gasteiger partial charge in [-0.2, -0.15) is 0 Å². The fraction of sp³-hybridized carbons (Fsp3) is 0.875. The zero-order valence-electron chi connectivity index (χ0n) is 41.8. The molecule has 0 aromatic carbocycles. The van der Waals surface area contributed by atoms with Crippen molar-refractivity contribution in [1.29, 1.82) is 0 Å². The van der Waals surface area contributed by atoms with Gasteiger partial charge in [0.2, 0.25) is 5.89 Å². The molecule has 4 fully saturated rings. The monoisotopic (exact) mass is 858 g/mol. The van der Waals surface area contributed by atoms with Crippen LogP contribution in [-0.4, -0.2) is 32.7 Å². The highest BCUT2D eigenvalue weighted by molar-refractivity contribution is 6.02. The number of nitrogens with zero attached hydrogens (tertiary/aromatic N) is 2. The van der Waals surface area contributed by atoms with Crippen LogP contribution in [-0.2, 0) is 4.79 Å². The van der Waals surface area contributed by atoms with Gasteiger partial charge in [-0.15, -0.1) is 5.10 Å². The summed E-state index contributed by atoms with van der Waals surface area (Å²) in [5, 5.41) is 24.2. The van der Waals surface area contributed by atoms with Crippen LogP contribution in [0.1, 0.15) is 261 Å². The van der Waals surface area contributed by atoms with Crippen molar-refractivity contribution in [3.05, 3.63) is 23.1 Å². The minimum Gasteiger partial charge on any atom is -0.404 e. The Morgan fingerprint density at radius 1 is 0.710 bits per heavy atom. The molecule has 6 heteroatoms. The van der Waals surface area contributed by atoms with E-state index in [1.807, 2.05) is 0 Å². The van der Waals surface area contributed by atoms with Gasteiger partial charge in [0.1, 0.15) is 0 Å². The molecule has 352 valence electrons. The van der Waals surface area contributed by atoms with Crippen LogP contribution < -0.4 is 5.32 Å². The maximum absolute atomic E-state index is 14.2. The van der Waals surface area contributed by atoms with E-state index in [9.17, 15) is 9.90 Å². The normalized spacial score (nSPS) is 33.1. The number of allylic oxidation sites excluding steroid dienone is 3. The number of Topliss-reactive ketones (excluding diaryl/α,β-unsaturated/α-hetero) is 1. The Bertz CT molecular complexity index is 1660. The van der Waals surface area contributed by atoms with Crippen molar-refractivity contribution in [2.24, 2.45) is 45.3 Å². The van der Waals surface area contributed by atoms with Gasteiger partial charge in [-0.1, -0.05) is 189 Å². The summed E-state index contributed by atoms with van der Waals surface area (Å²) in [6, 6.07) is 0.470. The highest BCUT2D eigenvalue weighted by Crippen LogP contribution is 2.76. The molecular formula is C56H95N3O3. The average Bonchev–Trinajstić information content (AvgIpc) is 3.81. The van der Waals surface area contributed by atoms with Crippen LogP contribution in [0, 0.1) is 45.3 Å². The third-order valence-electron chi connectivity index (χ3n) is 19.0. The number of nitrogens with one attached hydrogen (secondary N) is 1. The fourth-order valence-electron chi connectivity index (χ4n) is 15.2. The number of ketones is 1. The van der Waals surface area contributed by atoms with Crippen LogP contribution in [0.3, 0.4) is 0 Å². The van der Waals surface area contributed by atoms with Crippen LogP contribution in [0.5, 0.6) is 0 Å². The molecule has 1 heterocycles. The first-order chi connectivity index (χ1) is 29.7. The molecule has 0 bridgehead atoms. The predicted molar refractivity (Wildman–Crippen MR) is 260 cm³/mol. The van der Waals surface area contributed by atoms with E-state index in [0.717, 1.165) is 56.1 Å². The van der Waals surface area contributed by atoms with Crippen molar-refractivity contribution < 1.29 is 14.3 Å². The number of hydrogen-bond acceptors (Lipinski definition) is 6. The van der Waals surface area contributed by atoms with Crippen LogP contribution in [0.15, 0.2) is 21.6 Å². The van der Waals surface area contributed by atoms with Crippen molar-refractivity contribution in [2.75, 3.05) is 5.32 Å². The quantitative estimate of drug-likeness (QED) is 0.0953. The molecule has 6 nitrogen and oxygen atoms in total. The molecule has 0 aliphatic heterocycles. The number of carbonyl (C=O) groups excluding carboxylic acids is 1. The minimum atomic E-state index is -0.464. The van der Waals surface area contributed by atoms with Gasteiger partial charge in [0, 0.05) is 12.0 Å². The molecule has 1 aromatic heterocycles. The molecule has 0 unspecified atom stereocenters. The molecule has 4 saturated carbocycles. The van der Waals surface area contributed by atoms with E-state index in [2.05, 4.69) is 83.9 Å². The molecule has 0 spiro atoms. The van der Waals surface area contributed by atoms with Gasteiger partial charge in [0.25, 0.3) is 0 Å². The highest BCUT2D eigenvalue weighted by atomic mass is 16.4. The standard InChI is InChI=1S/C56H95N3O3/c1-10-12-13-14-15-16-17-18-19-20-21-22-23-24-25-26-27-28-29-30-31-42(11-2)50-58-59-51(62-50)57-56-39-38-54(8)43(49(56)48(41(3)4)44(60)40-56)32-33-46-53(7)36-35-47(61)52(5,6)45(53)34-37-55(46,54)9/h31,41,43,45-47,61H,10-30,32-40H2,1-9H3,(H,57,59)/t43-,45+,46-,47+,53+,54-,55-,56-/m1/s1. The van der Waals surface area contributed by atoms with Gasteiger partial charge in [-0.25, -0.2) is 0 Å². The van der Waals surface area contributed by atoms with Crippen molar-refractivity contribution in [2.45, 2.75) is 267 Å². The zero-order valence-corrected chi connectivity index (χ0v) is 41.8. The molecule has 0 amide bonds. The van der Waals surface area contributed by atoms with E-state index >= 15 is 0 Å². The fourth-order valence-corrected chi connectivity index (χ4v) is 15.2. The van der Waals surface area contributed by atoms with Gasteiger partial charge in [-0.3, -0.25) is 4.79 Å². The van der Waals surface area contributed by atoms with Gasteiger partial charge >= 0.3 is 6.01 Å². The van der Waals surface area contributed by atoms with E-state index in [0.29, 0.717) is 41.9 Å². The topological polar surface area (TPSA) is 88.3 Å². The molecule has 0 radical (unpaired) electrons. The number of hydrogen-bond donors (Lipinski definition) is 2. The number of unbranched alkanes of at least 4 members (excludes halogenated alkanes) is 19. The van der Waals surface area contributed by atoms with E-state index in [-0.39, 0.29) is 33.7 Å². The number of carbonyl (C=O) groups is 1. The molecule has 2 N–H and O–H groups in total. The summed E-state index contributed by atoms with van der Waals surface area (Å²) in [5.74, 6) is 2.64. The molecule has 5 aliphatic carbocycles. The third kappa shape index (κ3) is 10.2. The largest absolute Gasteiger partial charge is 0.404 e. The summed E-state index contributed by atoms with van der Waals surface area (Å²) >= 11 is 0. The first-order valence-electron chi connectivity index (χ1n) is 27.0. The number of aromatic nitrogens is 2. The maximum atomic E-state index is 14.2. The molecule has 62 heavy (non-hydrogen) atoms. The molecule has 1 aromatic rings. The van der Waals surface area contributed by atoms with Crippen LogP contribution >= 0.6 is 0 Å². The van der Waals surface area contributed by atoms with Crippen molar-refractivity contribution >= 4 is 17.4 Å². The third-order valence-corrected chi connectivity index (χ3v) is 19.0. The van der Waals surface area contributed by atoms with E-state index in [1.165, 1.54) is 147 Å². The molecule has 0 saturated heterocycles. The maximum Gasteiger partial charge on any atom is 0.316 e. The number of anilines is 1. The lowest BCUT2D eigenvalue weighted by Gasteiger charge is -2.72. The number of fused-ring (bicyclic) bond motifs is 7. The highest BCUT2D eigenvalue weighted by Gasteiger charge is 2.70. The van der Waals surface area contributed by atoms with Crippen molar-refractivity contribution in [3.8, 4) is 0 Å². The lowest BCUT2D eigenvalue weighted by Crippen LogP contribution is -2.66. The Morgan fingerprint density at radius 3 is 1.85 bits per heavy atom. The van der Waals surface area contributed by atoms with Crippen LogP contribution in [0.25, 0.3) is 5.57 Å². The summed E-state index contributed by atoms with van der Waals surface area (Å²) in [5.41, 5.74) is 3.58. The zero-order chi connectivity index (χ0) is 44.6. The lowest BCUT2D eigenvalue weighted by atomic mass is 9.33. The van der Waals surface area contributed by atoms with E-state index < -0.39 is 5.54 Å². The molecule has 5 aliphatic rings. The summed E-state index contributed by atoms with van der Waals surface area (Å²) in [7, 11) is 0. The van der Waals surface area contributed by atoms with Crippen molar-refractivity contribution in [1.82, 2.24) is 10.2 Å². The van der Waals surface area contributed by atoms with Gasteiger partial charge in [0.05, 0.1) is 11.6 Å². The summed E-state index contributed by atoms with van der Waals surface area (Å²) < 4.78 is 6.48. The minimum absolute atomic E-state index is 0.0519. The molecule has 8 atom stereocenters. The number of aliphatic hydroxyl groups excluding tert-OH is 1. The van der Waals surface area contributed by atoms with E-state index in [4.69, 9.17) is 4.42 Å². The Balaban J connectivity index is 0.979. The summed E-state index contributed by atoms with van der Waals surface area (Å²) in [6.07, 6.45) is 39.9. The van der Waals surface area contributed by atoms with Gasteiger partial charge < -0.3 is 14.8 Å². The second-order valence-electron chi connectivity index (χ2n) is 23.4. The van der Waals surface area contributed by atoms with Crippen LogP contribution in [0.2, 0.25) is 0 Å². The predicted octanol–water partition coefficient (Wildman–Crippen LogP) is 16.2. The summed E-state index contributed by atoms with van der Waals surface area (Å²) in [6.45, 7) is 21.5. The smallest absolute Gasteiger partial charge is 0.316 e. The van der Waals surface area contributed by atoms with Crippen molar-refractivity contribution in [3.63, 3.8) is 0 Å². The van der Waals surface area contributed by atoms with E-state index in [1.54, 1.807) is 0 Å². The second-order valence-corrected chi connectivity index (χ2v) is 23.4. The SMILES string of the molecule is CCCCCCCCCCCCCCCCCCCCCC=C(CC)c1nnc(N[C@@]23CC[C@]4(C)[C@H](CC[C@@H]5[C@@]6(C)CC[C@H](O)C(C)(C)[C@@H]6CC[C@]54C)C2=C(C(C)C)C(=O)C3)o1. The van der Waals surface area contributed by atoms with Crippen LogP contribution in [0.4, 0.5) is 6.01 Å². The first kappa shape index (κ1) is 49.5. The Kier molecular flexibility index (Phi) is 17.2.